The predicted molar refractivity (Wildman–Crippen MR) is 134 cm³/mol. The molecule has 172 valence electrons. The Balaban J connectivity index is 1.77. The Morgan fingerprint density at radius 3 is 2.36 bits per heavy atom. The maximum atomic E-state index is 14.0. The first-order valence-electron chi connectivity index (χ1n) is 10.8. The zero-order valence-electron chi connectivity index (χ0n) is 19.4. The van der Waals surface area contributed by atoms with E-state index in [1.54, 1.807) is 24.1 Å². The van der Waals surface area contributed by atoms with Crippen molar-refractivity contribution in [3.8, 4) is 11.5 Å². The van der Waals surface area contributed by atoms with E-state index in [2.05, 4.69) is 0 Å². The second-order valence-corrected chi connectivity index (χ2v) is 10.2. The minimum atomic E-state index is -0.957. The Morgan fingerprint density at radius 1 is 0.970 bits per heavy atom. The zero-order valence-corrected chi connectivity index (χ0v) is 20.9. The molecule has 1 amide bonds. The Bertz CT molecular complexity index is 1220. The van der Waals surface area contributed by atoms with Gasteiger partial charge in [-0.15, -0.1) is 0 Å². The van der Waals surface area contributed by atoms with Crippen LogP contribution in [0.15, 0.2) is 60.7 Å². The van der Waals surface area contributed by atoms with Gasteiger partial charge < -0.3 is 14.4 Å². The molecule has 3 aromatic rings. The number of halogens is 2. The van der Waals surface area contributed by atoms with E-state index in [-0.39, 0.29) is 11.5 Å². The molecule has 1 atom stereocenters. The molecule has 0 saturated carbocycles. The summed E-state index contributed by atoms with van der Waals surface area (Å²) in [5.74, 6) is 1.31. The van der Waals surface area contributed by atoms with Crippen molar-refractivity contribution < 1.29 is 14.3 Å². The number of fused-ring (bicyclic) bond motifs is 1. The molecule has 0 radical (unpaired) electrons. The molecule has 0 aliphatic carbocycles. The summed E-state index contributed by atoms with van der Waals surface area (Å²) < 4.78 is 11.6. The number of carbonyl (C=O) groups excluding carboxylic acids is 1. The molecular formula is C27H27Cl2NO3. The van der Waals surface area contributed by atoms with Crippen LogP contribution in [0, 0.1) is 0 Å². The first-order chi connectivity index (χ1) is 15.5. The lowest BCUT2D eigenvalue weighted by Gasteiger charge is -2.26. The summed E-state index contributed by atoms with van der Waals surface area (Å²) in [6, 6.07) is 18.7. The van der Waals surface area contributed by atoms with E-state index in [9.17, 15) is 4.79 Å². The van der Waals surface area contributed by atoms with E-state index in [0.29, 0.717) is 28.1 Å². The van der Waals surface area contributed by atoms with Crippen LogP contribution in [0.4, 0.5) is 5.69 Å². The largest absolute Gasteiger partial charge is 0.496 e. The lowest BCUT2D eigenvalue weighted by atomic mass is 9.77. The fraction of sp³-hybridized carbons (Fsp3) is 0.296. The minimum Gasteiger partial charge on any atom is -0.496 e. The monoisotopic (exact) mass is 483 g/mol. The Kier molecular flexibility index (Phi) is 6.10. The van der Waals surface area contributed by atoms with Crippen LogP contribution in [0.25, 0.3) is 0 Å². The molecule has 1 unspecified atom stereocenters. The molecule has 0 spiro atoms. The van der Waals surface area contributed by atoms with E-state index in [4.69, 9.17) is 32.7 Å². The van der Waals surface area contributed by atoms with Crippen LogP contribution in [0.2, 0.25) is 10.0 Å². The molecular weight excluding hydrogens is 457 g/mol. The summed E-state index contributed by atoms with van der Waals surface area (Å²) in [5, 5.41) is 1.12. The van der Waals surface area contributed by atoms with Gasteiger partial charge in [0.25, 0.3) is 0 Å². The van der Waals surface area contributed by atoms with E-state index >= 15 is 0 Å². The smallest absolute Gasteiger partial charge is 0.242 e. The number of benzene rings is 3. The van der Waals surface area contributed by atoms with Crippen molar-refractivity contribution in [1.29, 1.82) is 0 Å². The van der Waals surface area contributed by atoms with Gasteiger partial charge in [0.1, 0.15) is 22.5 Å². The summed E-state index contributed by atoms with van der Waals surface area (Å²) in [6.07, 6.45) is 0. The normalized spacial score (nSPS) is 17.8. The van der Waals surface area contributed by atoms with Crippen molar-refractivity contribution in [1.82, 2.24) is 0 Å². The standard InChI is InChI=1S/C27H27Cl2NO3/c1-26(2,3)33-19-12-10-17(24(15-19)32-5)16-30-23-13-11-18(28)14-21(23)27(4,25(30)31)20-8-6-7-9-22(20)29/h6-15H,16H2,1-5H3. The van der Waals surface area contributed by atoms with Crippen molar-refractivity contribution in [3.63, 3.8) is 0 Å². The fourth-order valence-electron chi connectivity index (χ4n) is 4.37. The number of carbonyl (C=O) groups is 1. The Labute approximate surface area is 205 Å². The van der Waals surface area contributed by atoms with Crippen LogP contribution in [0.3, 0.4) is 0 Å². The molecule has 4 nitrogen and oxygen atoms in total. The van der Waals surface area contributed by atoms with E-state index < -0.39 is 5.41 Å². The number of amides is 1. The highest BCUT2D eigenvalue weighted by Crippen LogP contribution is 2.49. The third-order valence-electron chi connectivity index (χ3n) is 5.88. The van der Waals surface area contributed by atoms with Crippen LogP contribution in [-0.2, 0) is 16.8 Å². The number of hydrogen-bond acceptors (Lipinski definition) is 3. The number of ether oxygens (including phenoxy) is 2. The van der Waals surface area contributed by atoms with Gasteiger partial charge in [-0.05, 0) is 75.2 Å². The molecule has 0 fully saturated rings. The quantitative estimate of drug-likeness (QED) is 0.390. The van der Waals surface area contributed by atoms with Crippen molar-refractivity contribution in [2.24, 2.45) is 0 Å². The third kappa shape index (κ3) is 4.30. The number of hydrogen-bond donors (Lipinski definition) is 0. The van der Waals surface area contributed by atoms with Crippen molar-refractivity contribution in [2.75, 3.05) is 12.0 Å². The average Bonchev–Trinajstić information content (AvgIpc) is 2.96. The Morgan fingerprint density at radius 2 is 1.70 bits per heavy atom. The molecule has 6 heteroatoms. The van der Waals surface area contributed by atoms with Crippen molar-refractivity contribution >= 4 is 34.8 Å². The van der Waals surface area contributed by atoms with Gasteiger partial charge in [0, 0.05) is 27.4 Å². The maximum Gasteiger partial charge on any atom is 0.242 e. The van der Waals surface area contributed by atoms with Gasteiger partial charge in [0.2, 0.25) is 5.91 Å². The summed E-state index contributed by atoms with van der Waals surface area (Å²) >= 11 is 12.9. The molecule has 0 bridgehead atoms. The zero-order chi connectivity index (χ0) is 24.0. The number of methoxy groups -OCH3 is 1. The topological polar surface area (TPSA) is 38.8 Å². The van der Waals surface area contributed by atoms with Gasteiger partial charge >= 0.3 is 0 Å². The van der Waals surface area contributed by atoms with Gasteiger partial charge in [-0.1, -0.05) is 41.4 Å². The van der Waals surface area contributed by atoms with Crippen LogP contribution >= 0.6 is 23.2 Å². The third-order valence-corrected chi connectivity index (χ3v) is 6.45. The second-order valence-electron chi connectivity index (χ2n) is 9.35. The highest BCUT2D eigenvalue weighted by Gasteiger charge is 2.49. The van der Waals surface area contributed by atoms with Crippen LogP contribution in [0.1, 0.15) is 44.4 Å². The van der Waals surface area contributed by atoms with Crippen LogP contribution in [-0.4, -0.2) is 18.6 Å². The van der Waals surface area contributed by atoms with Gasteiger partial charge in [-0.3, -0.25) is 4.79 Å². The molecule has 1 heterocycles. The molecule has 0 saturated heterocycles. The Hall–Kier alpha value is -2.69. The molecule has 0 aromatic heterocycles. The lowest BCUT2D eigenvalue weighted by Crippen LogP contribution is -2.39. The fourth-order valence-corrected chi connectivity index (χ4v) is 4.86. The minimum absolute atomic E-state index is 0.0649. The highest BCUT2D eigenvalue weighted by atomic mass is 35.5. The van der Waals surface area contributed by atoms with E-state index in [1.807, 2.05) is 76.2 Å². The number of rotatable bonds is 5. The SMILES string of the molecule is COc1cc(OC(C)(C)C)ccc1CN1C(=O)C(C)(c2ccccc2Cl)c2cc(Cl)ccc21. The summed E-state index contributed by atoms with van der Waals surface area (Å²) in [6.45, 7) is 8.23. The molecule has 1 aliphatic heterocycles. The van der Waals surface area contributed by atoms with Gasteiger partial charge in [0.05, 0.1) is 13.7 Å². The van der Waals surface area contributed by atoms with Gasteiger partial charge in [0.15, 0.2) is 0 Å². The molecule has 4 rings (SSSR count). The van der Waals surface area contributed by atoms with Crippen molar-refractivity contribution in [3.05, 3.63) is 87.4 Å². The lowest BCUT2D eigenvalue weighted by molar-refractivity contribution is -0.121. The summed E-state index contributed by atoms with van der Waals surface area (Å²) in [4.78, 5) is 15.7. The number of anilines is 1. The van der Waals surface area contributed by atoms with Gasteiger partial charge in [-0.2, -0.15) is 0 Å². The first-order valence-corrected chi connectivity index (χ1v) is 11.5. The summed E-state index contributed by atoms with van der Waals surface area (Å²) in [7, 11) is 1.62. The average molecular weight is 484 g/mol. The second kappa shape index (κ2) is 8.58. The van der Waals surface area contributed by atoms with Gasteiger partial charge in [-0.25, -0.2) is 0 Å². The van der Waals surface area contributed by atoms with E-state index in [1.165, 1.54) is 0 Å². The summed E-state index contributed by atoms with van der Waals surface area (Å²) in [5.41, 5.74) is 1.98. The molecule has 1 aliphatic rings. The van der Waals surface area contributed by atoms with E-state index in [0.717, 1.165) is 22.4 Å². The molecule has 33 heavy (non-hydrogen) atoms. The van der Waals surface area contributed by atoms with Crippen molar-refractivity contribution in [2.45, 2.75) is 45.3 Å². The predicted octanol–water partition coefficient (Wildman–Crippen LogP) is 7.03. The molecule has 3 aromatic carbocycles. The van der Waals surface area contributed by atoms with Crippen LogP contribution in [0.5, 0.6) is 11.5 Å². The molecule has 0 N–H and O–H groups in total. The maximum absolute atomic E-state index is 14.0. The highest BCUT2D eigenvalue weighted by molar-refractivity contribution is 6.32. The first kappa shape index (κ1) is 23.5. The van der Waals surface area contributed by atoms with Crippen LogP contribution < -0.4 is 14.4 Å². The number of nitrogens with zero attached hydrogens (tertiary/aromatic N) is 1.